The molecule has 3 nitrogen and oxygen atoms in total. The van der Waals surface area contributed by atoms with E-state index in [1.54, 1.807) is 0 Å². The molecule has 1 amide bonds. The molecule has 31 heavy (non-hydrogen) atoms. The van der Waals surface area contributed by atoms with Gasteiger partial charge in [0, 0.05) is 18.9 Å². The number of hydrogen-bond acceptors (Lipinski definition) is 2. The fourth-order valence-corrected chi connectivity index (χ4v) is 4.10. The molecule has 0 bridgehead atoms. The molecule has 0 aliphatic rings. The Morgan fingerprint density at radius 1 is 0.742 bits per heavy atom. The molecule has 0 fully saturated rings. The Balaban J connectivity index is 1.38. The summed E-state index contributed by atoms with van der Waals surface area (Å²) in [5.41, 5.74) is 3.15. The molecule has 0 spiro atoms. The molecule has 1 atom stereocenters. The largest absolute Gasteiger partial charge is 0.388 e. The molecule has 4 aromatic carbocycles. The average Bonchev–Trinajstić information content (AvgIpc) is 2.83. The molecule has 4 aromatic rings. The van der Waals surface area contributed by atoms with Gasteiger partial charge in [0.05, 0.1) is 6.10 Å². The van der Waals surface area contributed by atoms with Gasteiger partial charge in [-0.25, -0.2) is 0 Å². The Morgan fingerprint density at radius 3 is 2.00 bits per heavy atom. The maximum atomic E-state index is 12.7. The van der Waals surface area contributed by atoms with E-state index in [2.05, 4.69) is 29.6 Å². The van der Waals surface area contributed by atoms with Crippen molar-refractivity contribution in [3.8, 4) is 0 Å². The quantitative estimate of drug-likeness (QED) is 0.398. The molecule has 0 aliphatic carbocycles. The van der Waals surface area contributed by atoms with Crippen LogP contribution in [0.1, 0.15) is 41.6 Å². The molecular formula is C28H27NO2. The number of carbonyl (C=O) groups excluding carboxylic acids is 1. The minimum Gasteiger partial charge on any atom is -0.388 e. The van der Waals surface area contributed by atoms with Crippen molar-refractivity contribution in [1.82, 2.24) is 5.32 Å². The molecule has 0 aliphatic heterocycles. The summed E-state index contributed by atoms with van der Waals surface area (Å²) in [4.78, 5) is 12.7. The van der Waals surface area contributed by atoms with Gasteiger partial charge < -0.3 is 10.4 Å². The molecule has 3 heteroatoms. The SMILES string of the molecule is O=C(CC(c1ccccc1)c1ccccc1)NCCC(O)c1cccc2ccccc12. The van der Waals surface area contributed by atoms with E-state index in [1.165, 1.54) is 0 Å². The highest BCUT2D eigenvalue weighted by Crippen LogP contribution is 2.28. The normalized spacial score (nSPS) is 12.1. The highest BCUT2D eigenvalue weighted by Gasteiger charge is 2.18. The molecule has 4 rings (SSSR count). The molecular weight excluding hydrogens is 382 g/mol. The summed E-state index contributed by atoms with van der Waals surface area (Å²) in [6.45, 7) is 0.430. The molecule has 0 aromatic heterocycles. The number of aliphatic hydroxyl groups excluding tert-OH is 1. The maximum Gasteiger partial charge on any atom is 0.220 e. The zero-order chi connectivity index (χ0) is 21.5. The Kier molecular flexibility index (Phi) is 6.75. The van der Waals surface area contributed by atoms with Gasteiger partial charge in [0.1, 0.15) is 0 Å². The number of hydrogen-bond donors (Lipinski definition) is 2. The highest BCUT2D eigenvalue weighted by atomic mass is 16.3. The van der Waals surface area contributed by atoms with Gasteiger partial charge in [-0.3, -0.25) is 4.79 Å². The van der Waals surface area contributed by atoms with E-state index in [-0.39, 0.29) is 11.8 Å². The van der Waals surface area contributed by atoms with Crippen LogP contribution in [-0.2, 0) is 4.79 Å². The Bertz CT molecular complexity index is 1080. The molecule has 2 N–H and O–H groups in total. The smallest absolute Gasteiger partial charge is 0.220 e. The number of benzene rings is 4. The molecule has 0 saturated carbocycles. The lowest BCUT2D eigenvalue weighted by atomic mass is 9.88. The van der Waals surface area contributed by atoms with E-state index >= 15 is 0 Å². The Morgan fingerprint density at radius 2 is 1.32 bits per heavy atom. The van der Waals surface area contributed by atoms with Gasteiger partial charge in [-0.05, 0) is 33.9 Å². The molecule has 0 radical (unpaired) electrons. The van der Waals surface area contributed by atoms with Crippen molar-refractivity contribution in [3.63, 3.8) is 0 Å². The first-order valence-electron chi connectivity index (χ1n) is 10.7. The van der Waals surface area contributed by atoms with Crippen LogP contribution in [0.15, 0.2) is 103 Å². The second-order valence-corrected chi connectivity index (χ2v) is 7.80. The van der Waals surface area contributed by atoms with Gasteiger partial charge in [0.15, 0.2) is 0 Å². The summed E-state index contributed by atoms with van der Waals surface area (Å²) in [5.74, 6) is -0.00628. The third kappa shape index (κ3) is 5.19. The van der Waals surface area contributed by atoms with Crippen molar-refractivity contribution < 1.29 is 9.90 Å². The van der Waals surface area contributed by atoms with Gasteiger partial charge in [-0.15, -0.1) is 0 Å². The van der Waals surface area contributed by atoms with Crippen LogP contribution < -0.4 is 5.32 Å². The summed E-state index contributed by atoms with van der Waals surface area (Å²) in [6.07, 6.45) is 0.227. The van der Waals surface area contributed by atoms with Crippen LogP contribution in [0.2, 0.25) is 0 Å². The van der Waals surface area contributed by atoms with Crippen LogP contribution in [0.25, 0.3) is 10.8 Å². The van der Waals surface area contributed by atoms with Gasteiger partial charge >= 0.3 is 0 Å². The zero-order valence-electron chi connectivity index (χ0n) is 17.4. The number of fused-ring (bicyclic) bond motifs is 1. The van der Waals surface area contributed by atoms with E-state index < -0.39 is 6.10 Å². The van der Waals surface area contributed by atoms with Crippen molar-refractivity contribution in [3.05, 3.63) is 120 Å². The maximum absolute atomic E-state index is 12.7. The van der Waals surface area contributed by atoms with E-state index in [0.29, 0.717) is 19.4 Å². The topological polar surface area (TPSA) is 49.3 Å². The summed E-state index contributed by atoms with van der Waals surface area (Å²) >= 11 is 0. The minimum atomic E-state index is -0.620. The van der Waals surface area contributed by atoms with Crippen molar-refractivity contribution >= 4 is 16.7 Å². The highest BCUT2D eigenvalue weighted by molar-refractivity contribution is 5.86. The molecule has 0 saturated heterocycles. The lowest BCUT2D eigenvalue weighted by molar-refractivity contribution is -0.121. The van der Waals surface area contributed by atoms with Gasteiger partial charge in [-0.2, -0.15) is 0 Å². The van der Waals surface area contributed by atoms with Crippen LogP contribution >= 0.6 is 0 Å². The fraction of sp³-hybridized carbons (Fsp3) is 0.179. The van der Waals surface area contributed by atoms with E-state index in [0.717, 1.165) is 27.5 Å². The summed E-state index contributed by atoms with van der Waals surface area (Å²) in [7, 11) is 0. The van der Waals surface area contributed by atoms with Crippen LogP contribution in [-0.4, -0.2) is 17.6 Å². The molecule has 156 valence electrons. The van der Waals surface area contributed by atoms with Crippen LogP contribution in [0.4, 0.5) is 0 Å². The third-order valence-electron chi connectivity index (χ3n) is 5.72. The standard InChI is InChI=1S/C28H27NO2/c30-27(25-17-9-15-21-14-7-8-16-24(21)25)18-19-29-28(31)20-26(22-10-3-1-4-11-22)23-12-5-2-6-13-23/h1-17,26-27,30H,18-20H2,(H,29,31). The first-order chi connectivity index (χ1) is 15.2. The van der Waals surface area contributed by atoms with Crippen LogP contribution in [0.5, 0.6) is 0 Å². The number of amides is 1. The van der Waals surface area contributed by atoms with Gasteiger partial charge in [0.2, 0.25) is 5.91 Å². The lowest BCUT2D eigenvalue weighted by Gasteiger charge is -2.18. The fourth-order valence-electron chi connectivity index (χ4n) is 4.10. The average molecular weight is 410 g/mol. The molecule has 1 unspecified atom stereocenters. The number of nitrogens with one attached hydrogen (secondary N) is 1. The first kappa shape index (κ1) is 20.8. The zero-order valence-corrected chi connectivity index (χ0v) is 17.4. The Hall–Kier alpha value is -3.43. The third-order valence-corrected chi connectivity index (χ3v) is 5.72. The summed E-state index contributed by atoms with van der Waals surface area (Å²) in [6, 6.07) is 34.2. The van der Waals surface area contributed by atoms with Crippen LogP contribution in [0.3, 0.4) is 0 Å². The number of aliphatic hydroxyl groups is 1. The predicted octanol–water partition coefficient (Wildman–Crippen LogP) is 5.60. The van der Waals surface area contributed by atoms with Crippen molar-refractivity contribution in [2.75, 3.05) is 6.54 Å². The Labute approximate surface area is 183 Å². The predicted molar refractivity (Wildman–Crippen MR) is 126 cm³/mol. The van der Waals surface area contributed by atoms with Crippen molar-refractivity contribution in [1.29, 1.82) is 0 Å². The van der Waals surface area contributed by atoms with Crippen LogP contribution in [0, 0.1) is 0 Å². The van der Waals surface area contributed by atoms with E-state index in [1.807, 2.05) is 78.9 Å². The van der Waals surface area contributed by atoms with E-state index in [4.69, 9.17) is 0 Å². The molecule has 0 heterocycles. The number of rotatable bonds is 8. The van der Waals surface area contributed by atoms with Gasteiger partial charge in [-0.1, -0.05) is 103 Å². The second-order valence-electron chi connectivity index (χ2n) is 7.80. The lowest BCUT2D eigenvalue weighted by Crippen LogP contribution is -2.27. The van der Waals surface area contributed by atoms with Crippen molar-refractivity contribution in [2.24, 2.45) is 0 Å². The first-order valence-corrected chi connectivity index (χ1v) is 10.7. The minimum absolute atomic E-state index is 0.00499. The summed E-state index contributed by atoms with van der Waals surface area (Å²) < 4.78 is 0. The number of carbonyl (C=O) groups is 1. The van der Waals surface area contributed by atoms with E-state index in [9.17, 15) is 9.90 Å². The second kappa shape index (κ2) is 10.1. The van der Waals surface area contributed by atoms with Crippen molar-refractivity contribution in [2.45, 2.75) is 24.9 Å². The monoisotopic (exact) mass is 409 g/mol. The van der Waals surface area contributed by atoms with Gasteiger partial charge in [0.25, 0.3) is 0 Å². The summed E-state index contributed by atoms with van der Waals surface area (Å²) in [5, 5.41) is 15.9.